The van der Waals surface area contributed by atoms with Gasteiger partial charge >= 0.3 is 0 Å². The highest BCUT2D eigenvalue weighted by molar-refractivity contribution is 5.31. The molecular weight excluding hydrogens is 240 g/mol. The Morgan fingerprint density at radius 2 is 2.11 bits per heavy atom. The second-order valence-electron chi connectivity index (χ2n) is 5.83. The number of hydrogen-bond donors (Lipinski definition) is 1. The van der Waals surface area contributed by atoms with Gasteiger partial charge in [0.25, 0.3) is 5.56 Å². The molecule has 0 bridgehead atoms. The van der Waals surface area contributed by atoms with Crippen LogP contribution in [-0.2, 0) is 6.54 Å². The normalized spacial score (nSPS) is 19.3. The predicted octanol–water partition coefficient (Wildman–Crippen LogP) is 1.41. The first kappa shape index (κ1) is 14.1. The molecule has 1 fully saturated rings. The van der Waals surface area contributed by atoms with E-state index in [0.717, 1.165) is 32.5 Å². The second-order valence-corrected chi connectivity index (χ2v) is 5.83. The Balaban J connectivity index is 2.01. The SMILES string of the molecule is CCn1ccnc(NCC2(C)CCN(C)CC2)c1=O. The van der Waals surface area contributed by atoms with E-state index in [0.29, 0.717) is 12.4 Å². The third kappa shape index (κ3) is 3.35. The van der Waals surface area contributed by atoms with Gasteiger partial charge in [-0.1, -0.05) is 6.92 Å². The van der Waals surface area contributed by atoms with E-state index in [4.69, 9.17) is 0 Å². The summed E-state index contributed by atoms with van der Waals surface area (Å²) in [6, 6.07) is 0. The van der Waals surface area contributed by atoms with Crippen LogP contribution in [0.25, 0.3) is 0 Å². The zero-order chi connectivity index (χ0) is 13.9. The maximum Gasteiger partial charge on any atom is 0.293 e. The molecular formula is C14H24N4O. The number of nitrogens with one attached hydrogen (secondary N) is 1. The van der Waals surface area contributed by atoms with Crippen molar-refractivity contribution in [2.75, 3.05) is 32.0 Å². The van der Waals surface area contributed by atoms with E-state index in [2.05, 4.69) is 29.2 Å². The molecule has 2 rings (SSSR count). The number of likely N-dealkylation sites (tertiary alicyclic amines) is 1. The van der Waals surface area contributed by atoms with Crippen molar-refractivity contribution < 1.29 is 0 Å². The van der Waals surface area contributed by atoms with Crippen LogP contribution in [0.5, 0.6) is 0 Å². The van der Waals surface area contributed by atoms with E-state index < -0.39 is 0 Å². The second kappa shape index (κ2) is 5.74. The molecule has 0 aromatic carbocycles. The van der Waals surface area contributed by atoms with Crippen LogP contribution in [0, 0.1) is 5.41 Å². The molecule has 2 heterocycles. The Kier molecular flexibility index (Phi) is 4.24. The number of aryl methyl sites for hydroxylation is 1. The molecule has 0 saturated carbocycles. The molecule has 1 aliphatic heterocycles. The van der Waals surface area contributed by atoms with Gasteiger partial charge in [-0.05, 0) is 45.3 Å². The van der Waals surface area contributed by atoms with E-state index in [1.165, 1.54) is 0 Å². The van der Waals surface area contributed by atoms with E-state index in [1.54, 1.807) is 17.0 Å². The van der Waals surface area contributed by atoms with Crippen molar-refractivity contribution in [3.05, 3.63) is 22.7 Å². The Morgan fingerprint density at radius 1 is 1.42 bits per heavy atom. The van der Waals surface area contributed by atoms with E-state index >= 15 is 0 Å². The van der Waals surface area contributed by atoms with Crippen LogP contribution in [0.3, 0.4) is 0 Å². The fourth-order valence-corrected chi connectivity index (χ4v) is 2.45. The minimum absolute atomic E-state index is 0.0264. The summed E-state index contributed by atoms with van der Waals surface area (Å²) >= 11 is 0. The summed E-state index contributed by atoms with van der Waals surface area (Å²) in [4.78, 5) is 18.6. The first-order valence-electron chi connectivity index (χ1n) is 7.02. The van der Waals surface area contributed by atoms with Crippen molar-refractivity contribution in [2.24, 2.45) is 5.41 Å². The number of piperidine rings is 1. The minimum Gasteiger partial charge on any atom is -0.365 e. The summed E-state index contributed by atoms with van der Waals surface area (Å²) < 4.78 is 1.67. The molecule has 106 valence electrons. The van der Waals surface area contributed by atoms with Crippen LogP contribution in [0.2, 0.25) is 0 Å². The first-order valence-corrected chi connectivity index (χ1v) is 7.02. The van der Waals surface area contributed by atoms with E-state index in [-0.39, 0.29) is 11.0 Å². The van der Waals surface area contributed by atoms with E-state index in [9.17, 15) is 4.79 Å². The van der Waals surface area contributed by atoms with Crippen LogP contribution < -0.4 is 10.9 Å². The lowest BCUT2D eigenvalue weighted by Gasteiger charge is -2.38. The minimum atomic E-state index is -0.0264. The number of rotatable bonds is 4. The van der Waals surface area contributed by atoms with Gasteiger partial charge in [0.15, 0.2) is 5.82 Å². The summed E-state index contributed by atoms with van der Waals surface area (Å²) in [5.74, 6) is 0.476. The number of hydrogen-bond acceptors (Lipinski definition) is 4. The summed E-state index contributed by atoms with van der Waals surface area (Å²) in [5, 5.41) is 3.25. The first-order chi connectivity index (χ1) is 9.04. The van der Waals surface area contributed by atoms with Gasteiger partial charge in [-0.2, -0.15) is 0 Å². The van der Waals surface area contributed by atoms with Crippen molar-refractivity contribution >= 4 is 5.82 Å². The lowest BCUT2D eigenvalue weighted by atomic mass is 9.80. The van der Waals surface area contributed by atoms with E-state index in [1.807, 2.05) is 6.92 Å². The quantitative estimate of drug-likeness (QED) is 0.893. The van der Waals surface area contributed by atoms with Gasteiger partial charge in [-0.3, -0.25) is 4.79 Å². The highest BCUT2D eigenvalue weighted by Gasteiger charge is 2.28. The average molecular weight is 264 g/mol. The molecule has 5 nitrogen and oxygen atoms in total. The Bertz CT molecular complexity index is 475. The van der Waals surface area contributed by atoms with Crippen LogP contribution in [0.1, 0.15) is 26.7 Å². The Hall–Kier alpha value is -1.36. The zero-order valence-electron chi connectivity index (χ0n) is 12.1. The van der Waals surface area contributed by atoms with Gasteiger partial charge in [0.1, 0.15) is 0 Å². The van der Waals surface area contributed by atoms with Gasteiger partial charge in [-0.15, -0.1) is 0 Å². The van der Waals surface area contributed by atoms with Crippen molar-refractivity contribution in [3.8, 4) is 0 Å². The number of nitrogens with zero attached hydrogens (tertiary/aromatic N) is 3. The molecule has 1 aromatic rings. The van der Waals surface area contributed by atoms with Gasteiger partial charge in [0, 0.05) is 25.5 Å². The van der Waals surface area contributed by atoms with Gasteiger partial charge in [-0.25, -0.2) is 4.98 Å². The maximum atomic E-state index is 12.1. The molecule has 0 atom stereocenters. The summed E-state index contributed by atoms with van der Waals surface area (Å²) in [6.45, 7) is 7.99. The number of anilines is 1. The smallest absolute Gasteiger partial charge is 0.293 e. The monoisotopic (exact) mass is 264 g/mol. The zero-order valence-corrected chi connectivity index (χ0v) is 12.1. The van der Waals surface area contributed by atoms with Gasteiger partial charge < -0.3 is 14.8 Å². The lowest BCUT2D eigenvalue weighted by Crippen LogP contribution is -2.40. The van der Waals surface area contributed by atoms with Crippen LogP contribution >= 0.6 is 0 Å². The van der Waals surface area contributed by atoms with Crippen molar-refractivity contribution in [1.29, 1.82) is 0 Å². The molecule has 0 amide bonds. The summed E-state index contributed by atoms with van der Waals surface area (Å²) in [7, 11) is 2.16. The Morgan fingerprint density at radius 3 is 2.74 bits per heavy atom. The fourth-order valence-electron chi connectivity index (χ4n) is 2.45. The van der Waals surface area contributed by atoms with Gasteiger partial charge in [0.2, 0.25) is 0 Å². The highest BCUT2D eigenvalue weighted by Crippen LogP contribution is 2.30. The predicted molar refractivity (Wildman–Crippen MR) is 77.5 cm³/mol. The standard InChI is InChI=1S/C14H24N4O/c1-4-18-10-7-15-12(13(18)19)16-11-14(2)5-8-17(3)9-6-14/h7,10H,4-6,8-9,11H2,1-3H3,(H,15,16). The molecule has 1 saturated heterocycles. The molecule has 5 heteroatoms. The van der Waals surface area contributed by atoms with Crippen molar-refractivity contribution in [3.63, 3.8) is 0 Å². The molecule has 0 spiro atoms. The van der Waals surface area contributed by atoms with Crippen LogP contribution in [0.4, 0.5) is 5.82 Å². The Labute approximate surface area is 114 Å². The largest absolute Gasteiger partial charge is 0.365 e. The van der Waals surface area contributed by atoms with Crippen molar-refractivity contribution in [2.45, 2.75) is 33.2 Å². The number of aromatic nitrogens is 2. The molecule has 1 aromatic heterocycles. The summed E-state index contributed by atoms with van der Waals surface area (Å²) in [6.07, 6.45) is 5.73. The molecule has 19 heavy (non-hydrogen) atoms. The average Bonchev–Trinajstić information content (AvgIpc) is 2.41. The third-order valence-corrected chi connectivity index (χ3v) is 4.13. The third-order valence-electron chi connectivity index (χ3n) is 4.13. The maximum absolute atomic E-state index is 12.1. The lowest BCUT2D eigenvalue weighted by molar-refractivity contribution is 0.150. The highest BCUT2D eigenvalue weighted by atomic mass is 16.1. The fraction of sp³-hybridized carbons (Fsp3) is 0.714. The topological polar surface area (TPSA) is 50.2 Å². The van der Waals surface area contributed by atoms with Crippen molar-refractivity contribution in [1.82, 2.24) is 14.5 Å². The van der Waals surface area contributed by atoms with Gasteiger partial charge in [0.05, 0.1) is 0 Å². The molecule has 0 unspecified atom stereocenters. The van der Waals surface area contributed by atoms with Crippen LogP contribution in [0.15, 0.2) is 17.2 Å². The summed E-state index contributed by atoms with van der Waals surface area (Å²) in [5.41, 5.74) is 0.231. The molecule has 0 radical (unpaired) electrons. The molecule has 1 aliphatic rings. The molecule has 1 N–H and O–H groups in total. The van der Waals surface area contributed by atoms with Crippen LogP contribution in [-0.4, -0.2) is 41.1 Å². The molecule has 0 aliphatic carbocycles.